The number of rotatable bonds is 6. The van der Waals surface area contributed by atoms with Gasteiger partial charge in [0.25, 0.3) is 5.56 Å². The molecule has 0 aliphatic rings. The van der Waals surface area contributed by atoms with Crippen molar-refractivity contribution in [2.75, 3.05) is 7.11 Å². The minimum Gasteiger partial charge on any atom is -0.504 e. The Morgan fingerprint density at radius 1 is 1.46 bits per heavy atom. The molecular formula is C21H23ClN2O3S. The van der Waals surface area contributed by atoms with E-state index in [2.05, 4.69) is 23.8 Å². The zero-order valence-electron chi connectivity index (χ0n) is 16.3. The molecule has 7 heteroatoms. The Morgan fingerprint density at radius 3 is 2.89 bits per heavy atom. The first-order valence-electron chi connectivity index (χ1n) is 9.10. The van der Waals surface area contributed by atoms with Crippen LogP contribution in [0.25, 0.3) is 21.3 Å². The van der Waals surface area contributed by atoms with Gasteiger partial charge in [0, 0.05) is 4.88 Å². The molecule has 0 amide bonds. The fourth-order valence-corrected chi connectivity index (χ4v) is 4.29. The lowest BCUT2D eigenvalue weighted by Gasteiger charge is -2.08. The first-order valence-corrected chi connectivity index (χ1v) is 10.3. The number of ether oxygens (including phenoxy) is 1. The van der Waals surface area contributed by atoms with Crippen LogP contribution < -0.4 is 10.3 Å². The van der Waals surface area contributed by atoms with Crippen molar-refractivity contribution in [2.45, 2.75) is 33.6 Å². The predicted molar refractivity (Wildman–Crippen MR) is 117 cm³/mol. The molecule has 0 fully saturated rings. The zero-order chi connectivity index (χ0) is 20.4. The van der Waals surface area contributed by atoms with Crippen LogP contribution in [0.1, 0.15) is 42.1 Å². The molecular weight excluding hydrogens is 396 g/mol. The third-order valence-electron chi connectivity index (χ3n) is 4.84. The molecule has 0 radical (unpaired) electrons. The van der Waals surface area contributed by atoms with E-state index in [1.54, 1.807) is 18.2 Å². The Morgan fingerprint density at radius 2 is 2.21 bits per heavy atom. The van der Waals surface area contributed by atoms with Gasteiger partial charge in [-0.15, -0.1) is 11.3 Å². The molecule has 0 saturated heterocycles. The van der Waals surface area contributed by atoms with Gasteiger partial charge in [-0.3, -0.25) is 4.79 Å². The summed E-state index contributed by atoms with van der Waals surface area (Å²) in [5, 5.41) is 10.7. The number of H-pyrrole nitrogens is 1. The Balaban J connectivity index is 2.03. The standard InChI is InChI=1S/C21H23ClN2O3S/c1-5-11(2)8-14-12(3)28-21-18(14)20(26)23-19(24-21)15(22)9-13-6-7-16(25)17(10-13)27-4/h6-7,9-11,25H,5,8H2,1-4H3,(H,23,24,26)/b15-9-/t11-/m1/s1. The van der Waals surface area contributed by atoms with E-state index in [4.69, 9.17) is 16.3 Å². The van der Waals surface area contributed by atoms with Crippen LogP contribution in [0.3, 0.4) is 0 Å². The summed E-state index contributed by atoms with van der Waals surface area (Å²) in [6.07, 6.45) is 3.60. The molecule has 0 saturated carbocycles. The molecule has 2 aromatic heterocycles. The lowest BCUT2D eigenvalue weighted by Crippen LogP contribution is -2.12. The number of phenolic OH excluding ortho intramolecular Hbond substituents is 1. The minimum absolute atomic E-state index is 0.0478. The van der Waals surface area contributed by atoms with Gasteiger partial charge in [0.2, 0.25) is 0 Å². The molecule has 28 heavy (non-hydrogen) atoms. The Bertz CT molecular complexity index is 1100. The molecule has 2 N–H and O–H groups in total. The number of aromatic nitrogens is 2. The highest BCUT2D eigenvalue weighted by molar-refractivity contribution is 7.18. The summed E-state index contributed by atoms with van der Waals surface area (Å²) < 4.78 is 5.11. The second-order valence-electron chi connectivity index (χ2n) is 6.87. The van der Waals surface area contributed by atoms with Crippen LogP contribution >= 0.6 is 22.9 Å². The maximum absolute atomic E-state index is 12.8. The van der Waals surface area contributed by atoms with Crippen LogP contribution in [0.5, 0.6) is 11.5 Å². The highest BCUT2D eigenvalue weighted by atomic mass is 35.5. The van der Waals surface area contributed by atoms with Crippen molar-refractivity contribution in [3.05, 3.63) is 50.4 Å². The molecule has 3 rings (SSSR count). The summed E-state index contributed by atoms with van der Waals surface area (Å²) in [5.41, 5.74) is 1.64. The van der Waals surface area contributed by atoms with Crippen molar-refractivity contribution in [3.8, 4) is 11.5 Å². The monoisotopic (exact) mass is 418 g/mol. The summed E-state index contributed by atoms with van der Waals surface area (Å²) in [6.45, 7) is 6.37. The van der Waals surface area contributed by atoms with Gasteiger partial charge in [-0.05, 0) is 48.6 Å². The number of nitrogens with zero attached hydrogens (tertiary/aromatic N) is 1. The molecule has 0 bridgehead atoms. The molecule has 5 nitrogen and oxygen atoms in total. The molecule has 1 aromatic carbocycles. The molecule has 0 unspecified atom stereocenters. The second-order valence-corrected chi connectivity index (χ2v) is 8.48. The molecule has 0 aliphatic carbocycles. The van der Waals surface area contributed by atoms with E-state index in [1.807, 2.05) is 6.92 Å². The summed E-state index contributed by atoms with van der Waals surface area (Å²) in [5.74, 6) is 1.22. The normalized spacial score (nSPS) is 13.1. The predicted octanol–water partition coefficient (Wildman–Crippen LogP) is 5.33. The number of aryl methyl sites for hydroxylation is 1. The Labute approximate surface area is 172 Å². The average Bonchev–Trinajstić information content (AvgIpc) is 2.98. The SMILES string of the molecule is CC[C@@H](C)Cc1c(C)sc2nc(/C(Cl)=C/c3ccc(O)c(OC)c3)[nH]c(=O)c12. The van der Waals surface area contributed by atoms with Crippen LogP contribution in [-0.2, 0) is 6.42 Å². The largest absolute Gasteiger partial charge is 0.504 e. The Kier molecular flexibility index (Phi) is 6.10. The van der Waals surface area contributed by atoms with Gasteiger partial charge < -0.3 is 14.8 Å². The number of aromatic amines is 1. The second kappa shape index (κ2) is 8.37. The minimum atomic E-state index is -0.169. The maximum Gasteiger partial charge on any atom is 0.260 e. The number of hydrogen-bond acceptors (Lipinski definition) is 5. The van der Waals surface area contributed by atoms with Gasteiger partial charge in [-0.25, -0.2) is 4.98 Å². The molecule has 148 valence electrons. The van der Waals surface area contributed by atoms with Crippen LogP contribution in [0.4, 0.5) is 0 Å². The lowest BCUT2D eigenvalue weighted by molar-refractivity contribution is 0.373. The van der Waals surface area contributed by atoms with Gasteiger partial charge in [-0.1, -0.05) is 37.9 Å². The van der Waals surface area contributed by atoms with Crippen LogP contribution in [0.2, 0.25) is 0 Å². The number of halogens is 1. The van der Waals surface area contributed by atoms with Gasteiger partial charge in [0.15, 0.2) is 17.3 Å². The summed E-state index contributed by atoms with van der Waals surface area (Å²) >= 11 is 7.95. The Hall–Kier alpha value is -2.31. The van der Waals surface area contributed by atoms with E-state index >= 15 is 0 Å². The van der Waals surface area contributed by atoms with E-state index in [0.29, 0.717) is 32.7 Å². The summed E-state index contributed by atoms with van der Waals surface area (Å²) in [6, 6.07) is 4.89. The van der Waals surface area contributed by atoms with Crippen molar-refractivity contribution in [2.24, 2.45) is 5.92 Å². The molecule has 0 spiro atoms. The molecule has 0 aliphatic heterocycles. The van der Waals surface area contributed by atoms with Crippen molar-refractivity contribution >= 4 is 44.3 Å². The smallest absolute Gasteiger partial charge is 0.260 e. The van der Waals surface area contributed by atoms with Crippen LogP contribution in [0.15, 0.2) is 23.0 Å². The molecule has 3 aromatic rings. The van der Waals surface area contributed by atoms with Crippen LogP contribution in [-0.4, -0.2) is 22.2 Å². The highest BCUT2D eigenvalue weighted by Crippen LogP contribution is 2.32. The van der Waals surface area contributed by atoms with E-state index in [-0.39, 0.29) is 11.3 Å². The van der Waals surface area contributed by atoms with E-state index < -0.39 is 0 Å². The summed E-state index contributed by atoms with van der Waals surface area (Å²) in [4.78, 5) is 22.0. The van der Waals surface area contributed by atoms with Crippen molar-refractivity contribution in [1.29, 1.82) is 0 Å². The molecule has 1 atom stereocenters. The molecule has 2 heterocycles. The van der Waals surface area contributed by atoms with Gasteiger partial charge in [0.05, 0.1) is 17.5 Å². The lowest BCUT2D eigenvalue weighted by atomic mass is 9.98. The summed E-state index contributed by atoms with van der Waals surface area (Å²) in [7, 11) is 1.48. The number of phenols is 1. The number of nitrogens with one attached hydrogen (secondary N) is 1. The number of methoxy groups -OCH3 is 1. The average molecular weight is 419 g/mol. The van der Waals surface area contributed by atoms with Crippen LogP contribution in [0, 0.1) is 12.8 Å². The van der Waals surface area contributed by atoms with Gasteiger partial charge in [-0.2, -0.15) is 0 Å². The van der Waals surface area contributed by atoms with Crippen molar-refractivity contribution < 1.29 is 9.84 Å². The number of benzene rings is 1. The first kappa shape index (κ1) is 20.4. The van der Waals surface area contributed by atoms with E-state index in [9.17, 15) is 9.90 Å². The first-order chi connectivity index (χ1) is 13.3. The van der Waals surface area contributed by atoms with Crippen molar-refractivity contribution in [1.82, 2.24) is 9.97 Å². The quantitative estimate of drug-likeness (QED) is 0.567. The van der Waals surface area contributed by atoms with Crippen molar-refractivity contribution in [3.63, 3.8) is 0 Å². The third kappa shape index (κ3) is 4.08. The number of thiophene rings is 1. The topological polar surface area (TPSA) is 75.2 Å². The fourth-order valence-electron chi connectivity index (χ4n) is 3.03. The van der Waals surface area contributed by atoms with E-state index in [1.165, 1.54) is 24.5 Å². The van der Waals surface area contributed by atoms with Gasteiger partial charge >= 0.3 is 0 Å². The number of fused-ring (bicyclic) bond motifs is 1. The number of hydrogen-bond donors (Lipinski definition) is 2. The maximum atomic E-state index is 12.8. The zero-order valence-corrected chi connectivity index (χ0v) is 17.9. The fraction of sp³-hybridized carbons (Fsp3) is 0.333. The van der Waals surface area contributed by atoms with Gasteiger partial charge in [0.1, 0.15) is 4.83 Å². The third-order valence-corrected chi connectivity index (χ3v) is 6.17. The highest BCUT2D eigenvalue weighted by Gasteiger charge is 2.17. The number of aromatic hydroxyl groups is 1. The van der Waals surface area contributed by atoms with E-state index in [0.717, 1.165) is 28.8 Å².